The molecule has 0 saturated heterocycles. The maximum Gasteiger partial charge on any atom is 0.276 e. The summed E-state index contributed by atoms with van der Waals surface area (Å²) in [6, 6.07) is 2.59. The van der Waals surface area contributed by atoms with Gasteiger partial charge in [-0.25, -0.2) is 9.97 Å². The van der Waals surface area contributed by atoms with Crippen LogP contribution in [-0.4, -0.2) is 21.4 Å². The van der Waals surface area contributed by atoms with Crippen molar-refractivity contribution >= 4 is 28.7 Å². The van der Waals surface area contributed by atoms with Crippen LogP contribution in [0, 0.1) is 10.1 Å². The maximum absolute atomic E-state index is 10.7. The highest BCUT2D eigenvalue weighted by molar-refractivity contribution is 7.09. The van der Waals surface area contributed by atoms with E-state index >= 15 is 0 Å². The largest absolute Gasteiger partial charge is 0.383 e. The van der Waals surface area contributed by atoms with Gasteiger partial charge in [0.25, 0.3) is 5.69 Å². The summed E-state index contributed by atoms with van der Waals surface area (Å²) in [5, 5.41) is 16.5. The highest BCUT2D eigenvalue weighted by Crippen LogP contribution is 2.18. The molecule has 0 aliphatic heterocycles. The molecule has 0 aliphatic carbocycles. The monoisotopic (exact) mass is 265 g/mol. The number of hydrogen-bond acceptors (Lipinski definition) is 7. The number of aromatic nitrogens is 2. The van der Waals surface area contributed by atoms with Gasteiger partial charge in [-0.1, -0.05) is 0 Å². The van der Waals surface area contributed by atoms with Crippen molar-refractivity contribution in [3.8, 4) is 0 Å². The van der Waals surface area contributed by atoms with Crippen molar-refractivity contribution in [3.05, 3.63) is 38.8 Å². The summed E-state index contributed by atoms with van der Waals surface area (Å²) in [6.07, 6.45) is 2.48. The fourth-order valence-electron chi connectivity index (χ4n) is 1.41. The Morgan fingerprint density at radius 3 is 3.00 bits per heavy atom. The lowest BCUT2D eigenvalue weighted by Crippen LogP contribution is -2.07. The Morgan fingerprint density at radius 1 is 1.50 bits per heavy atom. The van der Waals surface area contributed by atoms with Crippen LogP contribution in [0.25, 0.3) is 0 Å². The highest BCUT2D eigenvalue weighted by Gasteiger charge is 2.09. The number of thiazole rings is 1. The number of nitrogen functional groups attached to an aromatic ring is 1. The normalized spacial score (nSPS) is 10.2. The Labute approximate surface area is 107 Å². The molecule has 0 aromatic carbocycles. The van der Waals surface area contributed by atoms with Crippen LogP contribution in [0.1, 0.15) is 5.01 Å². The molecule has 0 spiro atoms. The van der Waals surface area contributed by atoms with Crippen LogP contribution in [0.3, 0.4) is 0 Å². The van der Waals surface area contributed by atoms with E-state index in [4.69, 9.17) is 5.73 Å². The average Bonchev–Trinajstić information content (AvgIpc) is 2.81. The molecule has 0 bridgehead atoms. The molecule has 3 N–H and O–H groups in total. The molecule has 7 nitrogen and oxygen atoms in total. The Hall–Kier alpha value is -2.22. The first kappa shape index (κ1) is 12.2. The summed E-state index contributed by atoms with van der Waals surface area (Å²) in [5.41, 5.74) is 5.43. The second kappa shape index (κ2) is 5.41. The molecule has 18 heavy (non-hydrogen) atoms. The fourth-order valence-corrected chi connectivity index (χ4v) is 2.03. The van der Waals surface area contributed by atoms with Crippen molar-refractivity contribution < 1.29 is 4.92 Å². The minimum Gasteiger partial charge on any atom is -0.383 e. The van der Waals surface area contributed by atoms with Crippen molar-refractivity contribution in [1.29, 1.82) is 0 Å². The molecule has 0 unspecified atom stereocenters. The average molecular weight is 265 g/mol. The van der Waals surface area contributed by atoms with Gasteiger partial charge in [-0.2, -0.15) is 0 Å². The van der Waals surface area contributed by atoms with Gasteiger partial charge in [-0.15, -0.1) is 11.3 Å². The van der Waals surface area contributed by atoms with Crippen LogP contribution in [0.5, 0.6) is 0 Å². The summed E-state index contributed by atoms with van der Waals surface area (Å²) >= 11 is 1.56. The third-order valence-electron chi connectivity index (χ3n) is 2.17. The van der Waals surface area contributed by atoms with Gasteiger partial charge in [0.05, 0.1) is 22.1 Å². The zero-order valence-electron chi connectivity index (χ0n) is 9.37. The number of anilines is 2. The third kappa shape index (κ3) is 3.14. The van der Waals surface area contributed by atoms with Gasteiger partial charge < -0.3 is 11.1 Å². The van der Waals surface area contributed by atoms with E-state index in [1.54, 1.807) is 17.5 Å². The minimum absolute atomic E-state index is 0.0701. The van der Waals surface area contributed by atoms with E-state index in [2.05, 4.69) is 15.3 Å². The first-order chi connectivity index (χ1) is 8.65. The highest BCUT2D eigenvalue weighted by atomic mass is 32.1. The quantitative estimate of drug-likeness (QED) is 0.629. The lowest BCUT2D eigenvalue weighted by Gasteiger charge is -2.04. The van der Waals surface area contributed by atoms with E-state index < -0.39 is 4.92 Å². The predicted molar refractivity (Wildman–Crippen MR) is 69.6 cm³/mol. The summed E-state index contributed by atoms with van der Waals surface area (Å²) in [6.45, 7) is 0.598. The smallest absolute Gasteiger partial charge is 0.276 e. The van der Waals surface area contributed by atoms with E-state index in [9.17, 15) is 10.1 Å². The van der Waals surface area contributed by atoms with Gasteiger partial charge in [0.2, 0.25) is 0 Å². The van der Waals surface area contributed by atoms with Crippen molar-refractivity contribution in [2.24, 2.45) is 0 Å². The fraction of sp³-hybridized carbons (Fsp3) is 0.200. The maximum atomic E-state index is 10.7. The molecule has 8 heteroatoms. The molecular weight excluding hydrogens is 254 g/mol. The Kier molecular flexibility index (Phi) is 3.68. The van der Waals surface area contributed by atoms with E-state index in [0.717, 1.165) is 11.4 Å². The lowest BCUT2D eigenvalue weighted by molar-refractivity contribution is -0.384. The predicted octanol–water partition coefficient (Wildman–Crippen LogP) is 1.68. The number of hydrogen-bond donors (Lipinski definition) is 2. The van der Waals surface area contributed by atoms with Crippen LogP contribution < -0.4 is 11.1 Å². The molecule has 2 rings (SSSR count). The summed E-state index contributed by atoms with van der Waals surface area (Å²) in [5.74, 6) is 0.527. The molecule has 0 aliphatic rings. The molecule has 2 aromatic rings. The van der Waals surface area contributed by atoms with Crippen molar-refractivity contribution in [2.45, 2.75) is 6.42 Å². The third-order valence-corrected chi connectivity index (χ3v) is 3.01. The topological polar surface area (TPSA) is 107 Å². The molecule has 2 heterocycles. The number of nitrogens with one attached hydrogen (secondary N) is 1. The lowest BCUT2D eigenvalue weighted by atomic mass is 10.3. The first-order valence-corrected chi connectivity index (χ1v) is 6.07. The zero-order valence-corrected chi connectivity index (χ0v) is 10.2. The second-order valence-corrected chi connectivity index (χ2v) is 4.47. The van der Waals surface area contributed by atoms with Crippen LogP contribution in [0.15, 0.2) is 23.7 Å². The zero-order chi connectivity index (χ0) is 13.0. The van der Waals surface area contributed by atoms with Gasteiger partial charge in [-0.05, 0) is 0 Å². The number of rotatable bonds is 5. The molecule has 0 saturated carbocycles. The molecule has 2 aromatic heterocycles. The molecule has 0 amide bonds. The number of nitro groups is 1. The van der Waals surface area contributed by atoms with Crippen LogP contribution in [-0.2, 0) is 6.42 Å². The van der Waals surface area contributed by atoms with Gasteiger partial charge in [0.1, 0.15) is 11.6 Å². The Morgan fingerprint density at radius 2 is 2.33 bits per heavy atom. The number of nitrogens with zero attached hydrogens (tertiary/aromatic N) is 3. The van der Waals surface area contributed by atoms with Crippen LogP contribution in [0.4, 0.5) is 17.3 Å². The molecule has 0 fully saturated rings. The van der Waals surface area contributed by atoms with E-state index in [1.165, 1.54) is 12.1 Å². The number of pyridine rings is 1. The minimum atomic E-state index is -0.496. The van der Waals surface area contributed by atoms with Crippen molar-refractivity contribution in [1.82, 2.24) is 9.97 Å². The second-order valence-electron chi connectivity index (χ2n) is 3.50. The SMILES string of the molecule is Nc1cc([N+](=O)[O-])cc(NCCc2nccs2)n1. The number of nitrogens with two attached hydrogens (primary N) is 1. The van der Waals surface area contributed by atoms with Crippen molar-refractivity contribution in [3.63, 3.8) is 0 Å². The Bertz CT molecular complexity index is 543. The summed E-state index contributed by atoms with van der Waals surface area (Å²) in [7, 11) is 0. The van der Waals surface area contributed by atoms with Crippen molar-refractivity contribution in [2.75, 3.05) is 17.6 Å². The van der Waals surface area contributed by atoms with Gasteiger partial charge in [0.15, 0.2) is 0 Å². The van der Waals surface area contributed by atoms with E-state index in [0.29, 0.717) is 12.4 Å². The summed E-state index contributed by atoms with van der Waals surface area (Å²) < 4.78 is 0. The Balaban J connectivity index is 1.98. The first-order valence-electron chi connectivity index (χ1n) is 5.19. The molecule has 0 atom stereocenters. The summed E-state index contributed by atoms with van der Waals surface area (Å²) in [4.78, 5) is 18.3. The van der Waals surface area contributed by atoms with Gasteiger partial charge >= 0.3 is 0 Å². The van der Waals surface area contributed by atoms with Crippen LogP contribution in [0.2, 0.25) is 0 Å². The van der Waals surface area contributed by atoms with Gasteiger partial charge in [0, 0.05) is 24.5 Å². The molecular formula is C10H11N5O2S. The standard InChI is InChI=1S/C10H11N5O2S/c11-8-5-7(15(16)17)6-9(14-8)12-2-1-10-13-3-4-18-10/h3-6H,1-2H2,(H3,11,12,14). The van der Waals surface area contributed by atoms with Gasteiger partial charge in [-0.3, -0.25) is 10.1 Å². The molecule has 94 valence electrons. The van der Waals surface area contributed by atoms with Crippen LogP contribution >= 0.6 is 11.3 Å². The van der Waals surface area contributed by atoms with E-state index in [-0.39, 0.29) is 11.5 Å². The van der Waals surface area contributed by atoms with E-state index in [1.807, 2.05) is 5.38 Å². The molecule has 0 radical (unpaired) electrons.